The predicted molar refractivity (Wildman–Crippen MR) is 198 cm³/mol. The molecule has 0 bridgehead atoms. The first kappa shape index (κ1) is 43.0. The molecule has 5 nitrogen and oxygen atoms in total. The number of esters is 2. The van der Waals surface area contributed by atoms with Gasteiger partial charge in [-0.05, 0) is 46.8 Å². The zero-order valence-corrected chi connectivity index (χ0v) is 32.1. The van der Waals surface area contributed by atoms with Crippen LogP contribution in [0.15, 0.2) is 12.1 Å². The first-order valence-electron chi connectivity index (χ1n) is 19.5. The molecule has 0 aromatic heterocycles. The van der Waals surface area contributed by atoms with Gasteiger partial charge in [0.25, 0.3) is 0 Å². The van der Waals surface area contributed by atoms with Crippen molar-refractivity contribution in [2.45, 2.75) is 201 Å². The molecule has 0 atom stereocenters. The molecule has 1 aromatic carbocycles. The van der Waals surface area contributed by atoms with Crippen molar-refractivity contribution in [3.63, 3.8) is 0 Å². The number of ether oxygens (including phenoxy) is 2. The van der Waals surface area contributed by atoms with E-state index in [-0.39, 0.29) is 23.0 Å². The van der Waals surface area contributed by atoms with E-state index in [1.54, 1.807) is 0 Å². The summed E-state index contributed by atoms with van der Waals surface area (Å²) in [4.78, 5) is 26.8. The van der Waals surface area contributed by atoms with Crippen LogP contribution in [0.5, 0.6) is 5.75 Å². The fourth-order valence-electron chi connectivity index (χ4n) is 6.18. The summed E-state index contributed by atoms with van der Waals surface area (Å²) >= 11 is 0. The minimum atomic E-state index is -1.02. The van der Waals surface area contributed by atoms with Crippen molar-refractivity contribution in [2.75, 3.05) is 13.2 Å². The Kier molecular flexibility index (Phi) is 22.1. The van der Waals surface area contributed by atoms with Crippen LogP contribution in [0.25, 0.3) is 0 Å². The van der Waals surface area contributed by atoms with Gasteiger partial charge >= 0.3 is 11.9 Å². The standard InChI is InChI=1S/C42H74O5/c1-9-11-13-15-17-19-21-23-25-27-29-46-39(44)35(40(45)47-30-28-26-24-22-20-18-16-14-12-10-2)31-34-32-36(41(3,4)5)38(43)37(33-34)42(6,7)8/h32-33,35,43H,9-31H2,1-8H3. The Labute approximate surface area is 290 Å². The molecule has 1 rings (SSSR count). The second kappa shape index (κ2) is 24.2. The van der Waals surface area contributed by atoms with E-state index in [4.69, 9.17) is 9.47 Å². The molecule has 0 aliphatic rings. The van der Waals surface area contributed by atoms with Crippen LogP contribution < -0.4 is 0 Å². The van der Waals surface area contributed by atoms with Gasteiger partial charge in [0.05, 0.1) is 13.2 Å². The van der Waals surface area contributed by atoms with Crippen molar-refractivity contribution < 1.29 is 24.2 Å². The maximum atomic E-state index is 13.4. The average molecular weight is 659 g/mol. The molecule has 0 spiro atoms. The van der Waals surface area contributed by atoms with Gasteiger partial charge < -0.3 is 14.6 Å². The van der Waals surface area contributed by atoms with E-state index in [9.17, 15) is 14.7 Å². The Morgan fingerprint density at radius 2 is 0.851 bits per heavy atom. The van der Waals surface area contributed by atoms with Crippen LogP contribution in [0.1, 0.15) is 200 Å². The van der Waals surface area contributed by atoms with E-state index in [1.807, 2.05) is 12.1 Å². The van der Waals surface area contributed by atoms with Gasteiger partial charge in [-0.15, -0.1) is 0 Å². The predicted octanol–water partition coefficient (Wildman–Crippen LogP) is 12.1. The molecule has 0 aliphatic heterocycles. The fraction of sp³-hybridized carbons (Fsp3) is 0.810. The van der Waals surface area contributed by atoms with Crippen molar-refractivity contribution in [1.82, 2.24) is 0 Å². The average Bonchev–Trinajstić information content (AvgIpc) is 3.00. The number of hydrogen-bond acceptors (Lipinski definition) is 5. The number of aromatic hydroxyl groups is 1. The van der Waals surface area contributed by atoms with Crippen LogP contribution in [0.3, 0.4) is 0 Å². The molecule has 0 saturated carbocycles. The summed E-state index contributed by atoms with van der Waals surface area (Å²) in [7, 11) is 0. The smallest absolute Gasteiger partial charge is 0.320 e. The summed E-state index contributed by atoms with van der Waals surface area (Å²) < 4.78 is 11.4. The van der Waals surface area contributed by atoms with Crippen molar-refractivity contribution in [1.29, 1.82) is 0 Å². The van der Waals surface area contributed by atoms with Crippen molar-refractivity contribution in [2.24, 2.45) is 5.92 Å². The van der Waals surface area contributed by atoms with Crippen LogP contribution in [0.4, 0.5) is 0 Å². The molecule has 1 N–H and O–H groups in total. The third-order valence-corrected chi connectivity index (χ3v) is 9.28. The molecule has 0 fully saturated rings. The van der Waals surface area contributed by atoms with Crippen molar-refractivity contribution in [3.05, 3.63) is 28.8 Å². The number of carbonyl (C=O) groups excluding carboxylic acids is 2. The molecule has 0 aliphatic carbocycles. The number of phenols is 1. The molecule has 1 aromatic rings. The molecule has 0 radical (unpaired) electrons. The summed E-state index contributed by atoms with van der Waals surface area (Å²) in [6.07, 6.45) is 24.3. The highest BCUT2D eigenvalue weighted by Gasteiger charge is 2.33. The maximum Gasteiger partial charge on any atom is 0.320 e. The molecule has 0 amide bonds. The van der Waals surface area contributed by atoms with Gasteiger partial charge in [0.2, 0.25) is 0 Å². The van der Waals surface area contributed by atoms with E-state index < -0.39 is 17.9 Å². The van der Waals surface area contributed by atoms with Gasteiger partial charge in [0.1, 0.15) is 5.75 Å². The van der Waals surface area contributed by atoms with E-state index in [0.29, 0.717) is 13.2 Å². The second-order valence-corrected chi connectivity index (χ2v) is 16.0. The first-order chi connectivity index (χ1) is 22.3. The quantitative estimate of drug-likeness (QED) is 0.0609. The fourth-order valence-corrected chi connectivity index (χ4v) is 6.18. The Morgan fingerprint density at radius 1 is 0.553 bits per heavy atom. The lowest BCUT2D eigenvalue weighted by atomic mass is 9.77. The molecule has 5 heteroatoms. The van der Waals surface area contributed by atoms with Crippen LogP contribution in [-0.4, -0.2) is 30.3 Å². The van der Waals surface area contributed by atoms with Crippen LogP contribution >= 0.6 is 0 Å². The van der Waals surface area contributed by atoms with Crippen LogP contribution in [0.2, 0.25) is 0 Å². The topological polar surface area (TPSA) is 72.8 Å². The lowest BCUT2D eigenvalue weighted by molar-refractivity contribution is -0.162. The molecule has 0 unspecified atom stereocenters. The van der Waals surface area contributed by atoms with E-state index in [1.165, 1.54) is 89.9 Å². The summed E-state index contributed by atoms with van der Waals surface area (Å²) in [5.74, 6) is -1.74. The molecule has 0 heterocycles. The monoisotopic (exact) mass is 659 g/mol. The van der Waals surface area contributed by atoms with Crippen LogP contribution in [0, 0.1) is 5.92 Å². The largest absolute Gasteiger partial charge is 0.507 e. The minimum absolute atomic E-state index is 0.195. The highest BCUT2D eigenvalue weighted by Crippen LogP contribution is 2.40. The number of carbonyl (C=O) groups is 2. The van der Waals surface area contributed by atoms with Gasteiger partial charge in [-0.3, -0.25) is 9.59 Å². The van der Waals surface area contributed by atoms with Crippen LogP contribution in [-0.2, 0) is 36.3 Å². The molecule has 47 heavy (non-hydrogen) atoms. The van der Waals surface area contributed by atoms with Gasteiger partial charge in [-0.1, -0.05) is 183 Å². The third-order valence-electron chi connectivity index (χ3n) is 9.28. The summed E-state index contributed by atoms with van der Waals surface area (Å²) in [5.41, 5.74) is 1.87. The summed E-state index contributed by atoms with van der Waals surface area (Å²) in [6.45, 7) is 17.5. The van der Waals surface area contributed by atoms with E-state index >= 15 is 0 Å². The number of rotatable bonds is 26. The van der Waals surface area contributed by atoms with Gasteiger partial charge in [-0.25, -0.2) is 0 Å². The normalized spacial score (nSPS) is 12.1. The third kappa shape index (κ3) is 18.9. The zero-order chi connectivity index (χ0) is 35.1. The van der Waals surface area contributed by atoms with Gasteiger partial charge in [-0.2, -0.15) is 0 Å². The van der Waals surface area contributed by atoms with E-state index in [2.05, 4.69) is 55.4 Å². The number of phenolic OH excluding ortho intramolecular Hbond substituents is 1. The summed E-state index contributed by atoms with van der Waals surface area (Å²) in [5, 5.41) is 11.2. The Morgan fingerprint density at radius 3 is 1.15 bits per heavy atom. The molecule has 0 saturated heterocycles. The maximum absolute atomic E-state index is 13.4. The first-order valence-corrected chi connectivity index (χ1v) is 19.5. The molecular weight excluding hydrogens is 584 g/mol. The summed E-state index contributed by atoms with van der Waals surface area (Å²) in [6, 6.07) is 3.89. The van der Waals surface area contributed by atoms with E-state index in [0.717, 1.165) is 55.2 Å². The lowest BCUT2D eigenvalue weighted by Crippen LogP contribution is -2.31. The highest BCUT2D eigenvalue weighted by molar-refractivity contribution is 5.95. The Bertz CT molecular complexity index is 911. The van der Waals surface area contributed by atoms with Crippen molar-refractivity contribution >= 4 is 11.9 Å². The second-order valence-electron chi connectivity index (χ2n) is 16.0. The minimum Gasteiger partial charge on any atom is -0.507 e. The SMILES string of the molecule is CCCCCCCCCCCCOC(=O)C(Cc1cc(C(C)(C)C)c(O)c(C(C)(C)C)c1)C(=O)OCCCCCCCCCCCC. The number of benzene rings is 1. The van der Waals surface area contributed by atoms with Gasteiger partial charge in [0, 0.05) is 0 Å². The molecular formula is C42H74O5. The lowest BCUT2D eigenvalue weighted by Gasteiger charge is -2.28. The van der Waals surface area contributed by atoms with Gasteiger partial charge in [0.15, 0.2) is 5.92 Å². The number of hydrogen-bond donors (Lipinski definition) is 1. The Hall–Kier alpha value is -2.04. The Balaban J connectivity index is 2.79. The zero-order valence-electron chi connectivity index (χ0n) is 32.1. The molecule has 272 valence electrons. The number of unbranched alkanes of at least 4 members (excludes halogenated alkanes) is 18. The highest BCUT2D eigenvalue weighted by atomic mass is 16.6. The van der Waals surface area contributed by atoms with Crippen molar-refractivity contribution in [3.8, 4) is 5.75 Å².